The Labute approximate surface area is 345 Å². The third kappa shape index (κ3) is 9.00. The van der Waals surface area contributed by atoms with E-state index in [0.717, 1.165) is 79.7 Å². The number of pyridine rings is 2. The van der Waals surface area contributed by atoms with Crippen molar-refractivity contribution < 1.29 is 22.7 Å². The number of H-pyrrole nitrogens is 1. The molecular weight excluding hydrogens is 772 g/mol. The molecule has 1 aliphatic carbocycles. The number of nitrogens with one attached hydrogen (secondary N) is 2. The van der Waals surface area contributed by atoms with Crippen LogP contribution in [0.1, 0.15) is 73.9 Å². The SMILES string of the molecule is CN(c1ccc(S(=O)(=O)NC(=O)c2ccc(C3=CCN(CC4=C(c5ccc(Cl)cc5)CC(C)(C)CC4)CC3)cc2Oc2cnc3[nH]ccc3c2)cn1)C1CCOCC1. The number of ether oxygens (including phenoxy) is 2. The summed E-state index contributed by atoms with van der Waals surface area (Å²) in [5.41, 5.74) is 7.22. The monoisotopic (exact) mass is 820 g/mol. The normalized spacial score (nSPS) is 17.9. The van der Waals surface area contributed by atoms with Crippen molar-refractivity contribution in [3.8, 4) is 11.5 Å². The lowest BCUT2D eigenvalue weighted by molar-refractivity contribution is 0.0853. The fraction of sp³-hybridized carbons (Fsp3) is 0.356. The smallest absolute Gasteiger partial charge is 0.268 e. The highest BCUT2D eigenvalue weighted by Gasteiger charge is 2.30. The zero-order valence-electron chi connectivity index (χ0n) is 33.1. The Morgan fingerprint density at radius 2 is 1.81 bits per heavy atom. The van der Waals surface area contributed by atoms with Crippen LogP contribution < -0.4 is 14.4 Å². The van der Waals surface area contributed by atoms with Gasteiger partial charge in [-0.2, -0.15) is 0 Å². The van der Waals surface area contributed by atoms with E-state index < -0.39 is 15.9 Å². The summed E-state index contributed by atoms with van der Waals surface area (Å²) in [7, 11) is -2.32. The summed E-state index contributed by atoms with van der Waals surface area (Å²) >= 11 is 6.24. The fourth-order valence-electron chi connectivity index (χ4n) is 8.18. The predicted molar refractivity (Wildman–Crippen MR) is 229 cm³/mol. The first-order valence-electron chi connectivity index (χ1n) is 19.9. The summed E-state index contributed by atoms with van der Waals surface area (Å²) in [5.74, 6) is 0.470. The van der Waals surface area contributed by atoms with Gasteiger partial charge in [0, 0.05) is 68.7 Å². The molecule has 0 unspecified atom stereocenters. The van der Waals surface area contributed by atoms with E-state index in [-0.39, 0.29) is 27.7 Å². The standard InChI is InChI=1S/C45H49ClN6O5S/c1-45(2)18-12-34(40(26-45)31-4-7-35(46)8-5-31)29-52-20-14-30(15-21-52)32-6-10-39(41(25-32)57-37-24-33-13-19-47-43(33)49-27-37)44(53)50-58(54,55)38-9-11-42(48-28-38)51(3)36-16-22-56-23-17-36/h4-11,13-14,19,24-25,27-28,36H,12,15-18,20-23,26,29H2,1-3H3,(H,47,49)(H,50,53). The first kappa shape index (κ1) is 39.8. The Bertz CT molecular complexity index is 2470. The number of halogens is 1. The third-order valence-electron chi connectivity index (χ3n) is 11.6. The summed E-state index contributed by atoms with van der Waals surface area (Å²) in [5, 5.41) is 1.58. The van der Waals surface area contributed by atoms with E-state index in [9.17, 15) is 13.2 Å². The number of amides is 1. The summed E-state index contributed by atoms with van der Waals surface area (Å²) in [4.78, 5) is 30.2. The molecule has 0 bridgehead atoms. The van der Waals surface area contributed by atoms with Crippen molar-refractivity contribution in [1.29, 1.82) is 0 Å². The maximum absolute atomic E-state index is 13.8. The molecular formula is C45H49ClN6O5S. The van der Waals surface area contributed by atoms with E-state index in [0.29, 0.717) is 30.4 Å². The molecule has 1 saturated heterocycles. The van der Waals surface area contributed by atoms with Crippen LogP contribution in [0.4, 0.5) is 5.82 Å². The Balaban J connectivity index is 1.02. The predicted octanol–water partition coefficient (Wildman–Crippen LogP) is 8.89. The second-order valence-corrected chi connectivity index (χ2v) is 18.4. The molecule has 5 aromatic rings. The highest BCUT2D eigenvalue weighted by atomic mass is 35.5. The highest BCUT2D eigenvalue weighted by molar-refractivity contribution is 7.90. The molecule has 302 valence electrons. The van der Waals surface area contributed by atoms with Gasteiger partial charge in [-0.1, -0.05) is 55.3 Å². The lowest BCUT2D eigenvalue weighted by Gasteiger charge is -2.36. The van der Waals surface area contributed by atoms with Crippen LogP contribution in [-0.2, 0) is 14.8 Å². The van der Waals surface area contributed by atoms with Crippen LogP contribution in [0.15, 0.2) is 102 Å². The average Bonchev–Trinajstić information content (AvgIpc) is 3.70. The quantitative estimate of drug-likeness (QED) is 0.134. The van der Waals surface area contributed by atoms with Crippen molar-refractivity contribution in [2.24, 2.45) is 5.41 Å². The zero-order chi connectivity index (χ0) is 40.4. The minimum absolute atomic E-state index is 0.0743. The maximum Gasteiger partial charge on any atom is 0.268 e. The van der Waals surface area contributed by atoms with Crippen LogP contribution in [0.5, 0.6) is 11.5 Å². The number of hydrogen-bond acceptors (Lipinski definition) is 9. The second kappa shape index (κ2) is 16.7. The number of carbonyl (C=O) groups is 1. The number of rotatable bonds is 11. The Morgan fingerprint density at radius 1 is 1.02 bits per heavy atom. The zero-order valence-corrected chi connectivity index (χ0v) is 34.7. The molecule has 2 N–H and O–H groups in total. The minimum Gasteiger partial charge on any atom is -0.455 e. The van der Waals surface area contributed by atoms with Gasteiger partial charge in [0.15, 0.2) is 0 Å². The van der Waals surface area contributed by atoms with Crippen molar-refractivity contribution in [3.05, 3.63) is 119 Å². The van der Waals surface area contributed by atoms with E-state index in [1.807, 2.05) is 48.3 Å². The van der Waals surface area contributed by atoms with Crippen LogP contribution >= 0.6 is 11.6 Å². The van der Waals surface area contributed by atoms with Crippen LogP contribution in [0, 0.1) is 5.41 Å². The number of aromatic amines is 1. The number of hydrogen-bond donors (Lipinski definition) is 2. The molecule has 8 rings (SSSR count). The molecule has 0 radical (unpaired) electrons. The van der Waals surface area contributed by atoms with Crippen molar-refractivity contribution in [2.75, 3.05) is 44.8 Å². The molecule has 3 aliphatic rings. The Kier molecular flexibility index (Phi) is 11.5. The number of aromatic nitrogens is 3. The Morgan fingerprint density at radius 3 is 2.55 bits per heavy atom. The van der Waals surface area contributed by atoms with Crippen LogP contribution in [0.25, 0.3) is 22.2 Å². The van der Waals surface area contributed by atoms with Crippen molar-refractivity contribution in [1.82, 2.24) is 24.6 Å². The van der Waals surface area contributed by atoms with Crippen molar-refractivity contribution in [2.45, 2.75) is 63.3 Å². The molecule has 1 amide bonds. The van der Waals surface area contributed by atoms with E-state index in [1.54, 1.807) is 24.5 Å². The van der Waals surface area contributed by atoms with Crippen LogP contribution in [0.2, 0.25) is 5.02 Å². The molecule has 2 aliphatic heterocycles. The maximum atomic E-state index is 13.8. The van der Waals surface area contributed by atoms with Crippen molar-refractivity contribution >= 4 is 55.5 Å². The number of allylic oxidation sites excluding steroid dienone is 1. The number of benzene rings is 2. The second-order valence-electron chi connectivity index (χ2n) is 16.3. The van der Waals surface area contributed by atoms with Crippen LogP contribution in [0.3, 0.4) is 0 Å². The summed E-state index contributed by atoms with van der Waals surface area (Å²) in [6.45, 7) is 8.60. The first-order valence-corrected chi connectivity index (χ1v) is 21.7. The van der Waals surface area contributed by atoms with Gasteiger partial charge < -0.3 is 19.4 Å². The lowest BCUT2D eigenvalue weighted by atomic mass is 9.72. The molecule has 58 heavy (non-hydrogen) atoms. The molecule has 3 aromatic heterocycles. The van der Waals surface area contributed by atoms with Gasteiger partial charge in [-0.25, -0.2) is 23.1 Å². The van der Waals surface area contributed by atoms with E-state index >= 15 is 0 Å². The minimum atomic E-state index is -4.26. The summed E-state index contributed by atoms with van der Waals surface area (Å²) in [6, 6.07) is 20.6. The Hall–Kier alpha value is -5.01. The van der Waals surface area contributed by atoms with Gasteiger partial charge in [0.05, 0.1) is 11.8 Å². The van der Waals surface area contributed by atoms with Gasteiger partial charge >= 0.3 is 0 Å². The lowest BCUT2D eigenvalue weighted by Crippen LogP contribution is -2.37. The molecule has 13 heteroatoms. The number of carbonyl (C=O) groups excluding carboxylic acids is 1. The largest absolute Gasteiger partial charge is 0.455 e. The van der Waals surface area contributed by atoms with Gasteiger partial charge in [-0.05, 0) is 115 Å². The van der Waals surface area contributed by atoms with E-state index in [4.69, 9.17) is 21.1 Å². The van der Waals surface area contributed by atoms with Gasteiger partial charge in [0.25, 0.3) is 15.9 Å². The molecule has 0 saturated carbocycles. The van der Waals surface area contributed by atoms with Crippen molar-refractivity contribution in [3.63, 3.8) is 0 Å². The highest BCUT2D eigenvalue weighted by Crippen LogP contribution is 2.43. The third-order valence-corrected chi connectivity index (χ3v) is 13.2. The van der Waals surface area contributed by atoms with Gasteiger partial charge in [-0.3, -0.25) is 9.69 Å². The van der Waals surface area contributed by atoms with Gasteiger partial charge in [0.2, 0.25) is 0 Å². The topological polar surface area (TPSA) is 130 Å². The van der Waals surface area contributed by atoms with E-state index in [1.165, 1.54) is 29.0 Å². The molecule has 0 atom stereocenters. The molecule has 0 spiro atoms. The number of nitrogens with zero attached hydrogens (tertiary/aromatic N) is 4. The molecule has 11 nitrogen and oxygen atoms in total. The average molecular weight is 821 g/mol. The van der Waals surface area contributed by atoms with Crippen LogP contribution in [-0.4, -0.2) is 80.1 Å². The number of sulfonamides is 1. The van der Waals surface area contributed by atoms with Gasteiger partial charge in [0.1, 0.15) is 27.9 Å². The number of fused-ring (bicyclic) bond motifs is 1. The molecule has 2 aromatic carbocycles. The fourth-order valence-corrected chi connectivity index (χ4v) is 9.22. The molecule has 1 fully saturated rings. The first-order chi connectivity index (χ1) is 27.9. The van der Waals surface area contributed by atoms with E-state index in [2.05, 4.69) is 56.6 Å². The molecule has 5 heterocycles. The summed E-state index contributed by atoms with van der Waals surface area (Å²) < 4.78 is 41.2. The van der Waals surface area contributed by atoms with Gasteiger partial charge in [-0.15, -0.1) is 0 Å². The number of anilines is 1. The summed E-state index contributed by atoms with van der Waals surface area (Å²) in [6.07, 6.45) is 12.7.